The minimum atomic E-state index is -0.330. The summed E-state index contributed by atoms with van der Waals surface area (Å²) in [5, 5.41) is 15.7. The molecule has 4 N–H and O–H groups in total. The molecule has 0 radical (unpaired) electrons. The third-order valence-electron chi connectivity index (χ3n) is 8.83. The molecule has 7 rings (SSSR count). The van der Waals surface area contributed by atoms with Crippen LogP contribution in [0.5, 0.6) is 0 Å². The Hall–Kier alpha value is -5.16. The number of nitrogens with one attached hydrogen (secondary N) is 4. The average Bonchev–Trinajstić information content (AvgIpc) is 3.69. The smallest absolute Gasteiger partial charge is 0.224 e. The molecule has 0 bridgehead atoms. The van der Waals surface area contributed by atoms with Crippen LogP contribution in [0.25, 0.3) is 55.7 Å². The van der Waals surface area contributed by atoms with E-state index in [1.54, 1.807) is 24.8 Å². The molecule has 5 heterocycles. The maximum Gasteiger partial charge on any atom is 0.224 e. The number of nitrogens with zero attached hydrogens (tertiary/aromatic N) is 5. The number of carbonyl (C=O) groups excluding carboxylic acids is 1. The lowest BCUT2D eigenvalue weighted by atomic mass is 9.87. The predicted octanol–water partition coefficient (Wildman–Crippen LogP) is 7.25. The molecule has 1 amide bonds. The molecular formula is C36H38FN9O. The van der Waals surface area contributed by atoms with Gasteiger partial charge in [0.15, 0.2) is 5.65 Å². The van der Waals surface area contributed by atoms with E-state index in [1.807, 2.05) is 44.4 Å². The molecule has 10 nitrogen and oxygen atoms in total. The number of H-pyrrole nitrogens is 2. The van der Waals surface area contributed by atoms with Crippen molar-refractivity contribution in [3.05, 3.63) is 73.1 Å². The number of anilines is 2. The van der Waals surface area contributed by atoms with E-state index in [2.05, 4.69) is 45.7 Å². The summed E-state index contributed by atoms with van der Waals surface area (Å²) in [6, 6.07) is 12.8. The van der Waals surface area contributed by atoms with Crippen molar-refractivity contribution >= 4 is 39.2 Å². The van der Waals surface area contributed by atoms with Crippen LogP contribution in [0.3, 0.4) is 0 Å². The van der Waals surface area contributed by atoms with Crippen LogP contribution >= 0.6 is 0 Å². The number of carbonyl (C=O) groups is 1. The maximum absolute atomic E-state index is 14.7. The predicted molar refractivity (Wildman–Crippen MR) is 184 cm³/mol. The Morgan fingerprint density at radius 3 is 2.60 bits per heavy atom. The van der Waals surface area contributed by atoms with Crippen molar-refractivity contribution in [2.24, 2.45) is 5.92 Å². The number of hydrogen-bond acceptors (Lipinski definition) is 7. The van der Waals surface area contributed by atoms with Crippen molar-refractivity contribution in [2.75, 3.05) is 37.8 Å². The van der Waals surface area contributed by atoms with Gasteiger partial charge in [-0.05, 0) is 75.3 Å². The van der Waals surface area contributed by atoms with Crippen LogP contribution in [0, 0.1) is 11.7 Å². The first-order valence-corrected chi connectivity index (χ1v) is 16.2. The van der Waals surface area contributed by atoms with Crippen LogP contribution in [0.4, 0.5) is 15.8 Å². The van der Waals surface area contributed by atoms with E-state index >= 15 is 0 Å². The Labute approximate surface area is 272 Å². The van der Waals surface area contributed by atoms with Gasteiger partial charge < -0.3 is 20.5 Å². The minimum absolute atomic E-state index is 0.0317. The van der Waals surface area contributed by atoms with Crippen molar-refractivity contribution in [3.8, 4) is 33.8 Å². The van der Waals surface area contributed by atoms with E-state index < -0.39 is 0 Å². The van der Waals surface area contributed by atoms with Gasteiger partial charge in [0.25, 0.3) is 0 Å². The number of aromatic nitrogens is 6. The topological polar surface area (TPSA) is 128 Å². The van der Waals surface area contributed by atoms with Gasteiger partial charge in [0.1, 0.15) is 11.5 Å². The van der Waals surface area contributed by atoms with E-state index in [-0.39, 0.29) is 11.7 Å². The van der Waals surface area contributed by atoms with Crippen molar-refractivity contribution in [1.29, 1.82) is 0 Å². The van der Waals surface area contributed by atoms with Crippen LogP contribution in [0.2, 0.25) is 0 Å². The summed E-state index contributed by atoms with van der Waals surface area (Å²) in [6.45, 7) is 1.52. The molecule has 11 heteroatoms. The van der Waals surface area contributed by atoms with Gasteiger partial charge in [0.05, 0.1) is 23.3 Å². The van der Waals surface area contributed by atoms with Crippen molar-refractivity contribution in [3.63, 3.8) is 0 Å². The van der Waals surface area contributed by atoms with Gasteiger partial charge in [0, 0.05) is 76.8 Å². The van der Waals surface area contributed by atoms with Crippen LogP contribution in [0.15, 0.2) is 67.3 Å². The molecule has 0 spiro atoms. The first-order valence-electron chi connectivity index (χ1n) is 16.2. The van der Waals surface area contributed by atoms with E-state index in [0.29, 0.717) is 52.9 Å². The van der Waals surface area contributed by atoms with Crippen LogP contribution < -0.4 is 10.6 Å². The minimum Gasteiger partial charge on any atom is -0.384 e. The van der Waals surface area contributed by atoms with E-state index in [9.17, 15) is 9.18 Å². The lowest BCUT2D eigenvalue weighted by Crippen LogP contribution is -2.20. The molecule has 0 atom stereocenters. The molecule has 0 saturated heterocycles. The molecule has 1 aliphatic rings. The second kappa shape index (κ2) is 13.3. The van der Waals surface area contributed by atoms with Crippen LogP contribution in [-0.2, 0) is 4.79 Å². The van der Waals surface area contributed by atoms with Gasteiger partial charge in [-0.2, -0.15) is 5.10 Å². The lowest BCUT2D eigenvalue weighted by Gasteiger charge is -2.20. The van der Waals surface area contributed by atoms with Gasteiger partial charge in [-0.25, -0.2) is 9.37 Å². The van der Waals surface area contributed by atoms with Gasteiger partial charge in [-0.15, -0.1) is 0 Å². The highest BCUT2D eigenvalue weighted by atomic mass is 19.1. The second-order valence-electron chi connectivity index (χ2n) is 12.7. The fourth-order valence-corrected chi connectivity index (χ4v) is 6.46. The Morgan fingerprint density at radius 1 is 0.915 bits per heavy atom. The van der Waals surface area contributed by atoms with Crippen molar-refractivity contribution in [1.82, 2.24) is 35.0 Å². The van der Waals surface area contributed by atoms with E-state index in [0.717, 1.165) is 52.5 Å². The zero-order valence-electron chi connectivity index (χ0n) is 26.6. The Kier molecular flexibility index (Phi) is 8.62. The van der Waals surface area contributed by atoms with Crippen LogP contribution in [-0.4, -0.2) is 68.1 Å². The zero-order chi connectivity index (χ0) is 32.3. The molecule has 0 unspecified atom stereocenters. The summed E-state index contributed by atoms with van der Waals surface area (Å²) in [5.74, 6) is 0.164. The molecule has 1 aliphatic carbocycles. The molecule has 1 saturated carbocycles. The maximum atomic E-state index is 14.7. The highest BCUT2D eigenvalue weighted by Gasteiger charge is 2.19. The SMILES string of the molecule is CN(C)CCNc1cc(F)cc(-c2nccc3[nH]c(-c4n[nH]c5ncc(-c6cncc(NC(=O)CC7CCCCC7)c6)cc45)cc23)c1. The number of rotatable bonds is 10. The summed E-state index contributed by atoms with van der Waals surface area (Å²) < 4.78 is 14.7. The molecular weight excluding hydrogens is 593 g/mol. The largest absolute Gasteiger partial charge is 0.384 e. The van der Waals surface area contributed by atoms with E-state index in [4.69, 9.17) is 0 Å². The van der Waals surface area contributed by atoms with Gasteiger partial charge in [-0.3, -0.25) is 19.9 Å². The monoisotopic (exact) mass is 631 g/mol. The quantitative estimate of drug-likeness (QED) is 0.125. The fraction of sp³-hybridized carbons (Fsp3) is 0.306. The molecule has 240 valence electrons. The zero-order valence-corrected chi connectivity index (χ0v) is 26.6. The first-order chi connectivity index (χ1) is 22.9. The molecule has 5 aromatic heterocycles. The fourth-order valence-electron chi connectivity index (χ4n) is 6.46. The molecule has 0 aliphatic heterocycles. The normalized spacial score (nSPS) is 13.9. The third kappa shape index (κ3) is 6.85. The van der Waals surface area contributed by atoms with Crippen LogP contribution in [0.1, 0.15) is 38.5 Å². The lowest BCUT2D eigenvalue weighted by molar-refractivity contribution is -0.117. The summed E-state index contributed by atoms with van der Waals surface area (Å²) in [4.78, 5) is 32.0. The number of likely N-dealkylation sites (N-methyl/N-ethyl adjacent to an activating group) is 1. The second-order valence-corrected chi connectivity index (χ2v) is 12.7. The Balaban J connectivity index is 1.16. The number of hydrogen-bond donors (Lipinski definition) is 4. The summed E-state index contributed by atoms with van der Waals surface area (Å²) in [7, 11) is 4.00. The summed E-state index contributed by atoms with van der Waals surface area (Å²) in [6.07, 6.45) is 13.4. The summed E-state index contributed by atoms with van der Waals surface area (Å²) in [5.41, 5.74) is 7.40. The highest BCUT2D eigenvalue weighted by Crippen LogP contribution is 2.35. The number of amides is 1. The van der Waals surface area contributed by atoms with Crippen molar-refractivity contribution in [2.45, 2.75) is 38.5 Å². The average molecular weight is 632 g/mol. The Bertz CT molecular complexity index is 2040. The molecule has 1 aromatic carbocycles. The van der Waals surface area contributed by atoms with E-state index in [1.165, 1.54) is 31.4 Å². The molecule has 1 fully saturated rings. The molecule has 47 heavy (non-hydrogen) atoms. The number of aromatic amines is 2. The third-order valence-corrected chi connectivity index (χ3v) is 8.83. The highest BCUT2D eigenvalue weighted by molar-refractivity contribution is 6.00. The van der Waals surface area contributed by atoms with Gasteiger partial charge in [0.2, 0.25) is 5.91 Å². The number of fused-ring (bicyclic) bond motifs is 2. The van der Waals surface area contributed by atoms with Gasteiger partial charge in [-0.1, -0.05) is 19.3 Å². The summed E-state index contributed by atoms with van der Waals surface area (Å²) >= 11 is 0. The first kappa shape index (κ1) is 30.5. The number of halogens is 1. The number of pyridine rings is 3. The standard InChI is InChI=1S/C36H38FN9O/c1-46(2)11-10-39-27-14-23(13-26(37)17-27)34-29-18-32(43-31(29)8-9-40-34)35-30-16-25(20-41-36(30)45-44-35)24-15-28(21-38-19-24)42-33(47)12-22-6-4-3-5-7-22/h8-9,13-22,39,43H,3-7,10-12H2,1-2H3,(H,42,47)(H,41,44,45). The molecule has 6 aromatic rings. The van der Waals surface area contributed by atoms with Gasteiger partial charge >= 0.3 is 0 Å². The number of benzene rings is 1. The van der Waals surface area contributed by atoms with Crippen molar-refractivity contribution < 1.29 is 9.18 Å². The Morgan fingerprint density at radius 2 is 1.74 bits per heavy atom.